The summed E-state index contributed by atoms with van der Waals surface area (Å²) in [5, 5.41) is 1.61. The molecule has 0 bridgehead atoms. The number of carbonyl (C=O) groups excluding carboxylic acids is 2. The number of amidine groups is 1. The Hall–Kier alpha value is -3.36. The number of aliphatic imine (C=N–C) groups is 1. The molecule has 3 aromatic rings. The molecular weight excluding hydrogens is 438 g/mol. The second-order valence-electron chi connectivity index (χ2n) is 7.45. The number of hydrogen-bond acceptors (Lipinski definition) is 6. The Morgan fingerprint density at radius 1 is 1.09 bits per heavy atom. The number of carbonyl (C=O) groups is 2. The van der Waals surface area contributed by atoms with E-state index in [-0.39, 0.29) is 18.4 Å². The van der Waals surface area contributed by atoms with Crippen LogP contribution in [0.1, 0.15) is 12.0 Å². The first-order valence-electron chi connectivity index (χ1n) is 10.6. The number of methoxy groups -OCH3 is 2. The molecule has 1 fully saturated rings. The number of nitrogens with zero attached hydrogens (tertiary/aromatic N) is 3. The van der Waals surface area contributed by atoms with Gasteiger partial charge in [-0.1, -0.05) is 36.4 Å². The molecule has 1 saturated heterocycles. The van der Waals surface area contributed by atoms with Crippen molar-refractivity contribution in [3.8, 4) is 0 Å². The lowest BCUT2D eigenvalue weighted by atomic mass is 10.1. The summed E-state index contributed by atoms with van der Waals surface area (Å²) in [4.78, 5) is 32.2. The largest absolute Gasteiger partial charge is 0.468 e. The van der Waals surface area contributed by atoms with Gasteiger partial charge in [0.2, 0.25) is 0 Å². The number of benzene rings is 2. The molecule has 7 nitrogen and oxygen atoms in total. The number of aromatic nitrogens is 1. The highest BCUT2D eigenvalue weighted by Gasteiger charge is 2.33. The van der Waals surface area contributed by atoms with Gasteiger partial charge in [0.25, 0.3) is 5.91 Å². The smallest absolute Gasteiger partial charge is 0.325 e. The zero-order valence-electron chi connectivity index (χ0n) is 18.6. The van der Waals surface area contributed by atoms with Crippen molar-refractivity contribution in [1.82, 2.24) is 9.47 Å². The monoisotopic (exact) mass is 463 g/mol. The first-order valence-corrected chi connectivity index (χ1v) is 11.4. The van der Waals surface area contributed by atoms with Crippen molar-refractivity contribution in [2.24, 2.45) is 4.99 Å². The van der Waals surface area contributed by atoms with Crippen molar-refractivity contribution >= 4 is 51.5 Å². The Morgan fingerprint density at radius 3 is 2.61 bits per heavy atom. The molecule has 2 heterocycles. The van der Waals surface area contributed by atoms with E-state index in [4.69, 9.17) is 14.5 Å². The minimum absolute atomic E-state index is 0.0874. The van der Waals surface area contributed by atoms with Crippen molar-refractivity contribution in [2.45, 2.75) is 13.0 Å². The fourth-order valence-electron chi connectivity index (χ4n) is 3.63. The van der Waals surface area contributed by atoms with Crippen LogP contribution in [0.4, 0.5) is 5.69 Å². The molecule has 8 heteroatoms. The van der Waals surface area contributed by atoms with Crippen LogP contribution < -0.4 is 0 Å². The Labute approximate surface area is 196 Å². The van der Waals surface area contributed by atoms with E-state index in [1.807, 2.05) is 71.4 Å². The maximum atomic E-state index is 13.3. The predicted molar refractivity (Wildman–Crippen MR) is 131 cm³/mol. The van der Waals surface area contributed by atoms with E-state index in [1.54, 1.807) is 12.0 Å². The van der Waals surface area contributed by atoms with E-state index < -0.39 is 0 Å². The van der Waals surface area contributed by atoms with E-state index in [9.17, 15) is 9.59 Å². The van der Waals surface area contributed by atoms with Crippen LogP contribution in [0.5, 0.6) is 0 Å². The lowest BCUT2D eigenvalue weighted by molar-refractivity contribution is -0.141. The predicted octanol–water partition coefficient (Wildman–Crippen LogP) is 4.45. The number of esters is 1. The van der Waals surface area contributed by atoms with Crippen LogP contribution in [0, 0.1) is 0 Å². The quantitative estimate of drug-likeness (QED) is 0.280. The molecule has 4 rings (SSSR count). The molecule has 1 aromatic heterocycles. The molecule has 0 aliphatic carbocycles. The van der Waals surface area contributed by atoms with Gasteiger partial charge in [0.15, 0.2) is 5.17 Å². The summed E-state index contributed by atoms with van der Waals surface area (Å²) in [5.74, 6) is -0.418. The molecule has 0 unspecified atom stereocenters. The van der Waals surface area contributed by atoms with E-state index in [1.165, 1.54) is 18.9 Å². The summed E-state index contributed by atoms with van der Waals surface area (Å²) in [6.45, 7) is 1.19. The molecule has 2 aromatic carbocycles. The average molecular weight is 464 g/mol. The van der Waals surface area contributed by atoms with Gasteiger partial charge in [0.05, 0.1) is 17.7 Å². The van der Waals surface area contributed by atoms with Crippen molar-refractivity contribution in [3.05, 3.63) is 71.3 Å². The van der Waals surface area contributed by atoms with Crippen molar-refractivity contribution in [1.29, 1.82) is 0 Å². The number of rotatable bonds is 8. The van der Waals surface area contributed by atoms with Crippen molar-refractivity contribution in [2.75, 3.05) is 27.4 Å². The van der Waals surface area contributed by atoms with Crippen molar-refractivity contribution < 1.29 is 19.1 Å². The van der Waals surface area contributed by atoms with Gasteiger partial charge >= 0.3 is 5.97 Å². The molecule has 0 N–H and O–H groups in total. The van der Waals surface area contributed by atoms with E-state index in [2.05, 4.69) is 0 Å². The third-order valence-electron chi connectivity index (χ3n) is 5.23. The van der Waals surface area contributed by atoms with E-state index in [0.717, 1.165) is 22.2 Å². The topological polar surface area (TPSA) is 73.1 Å². The number of amides is 1. The molecule has 1 amide bonds. The molecule has 170 valence electrons. The van der Waals surface area contributed by atoms with Crippen LogP contribution in [0.3, 0.4) is 0 Å². The Balaban J connectivity index is 1.70. The lowest BCUT2D eigenvalue weighted by Gasteiger charge is -2.15. The summed E-state index contributed by atoms with van der Waals surface area (Å²) < 4.78 is 11.8. The van der Waals surface area contributed by atoms with Crippen LogP contribution in [-0.2, 0) is 25.6 Å². The fourth-order valence-corrected chi connectivity index (χ4v) is 4.65. The summed E-state index contributed by atoms with van der Waals surface area (Å²) in [5.41, 5.74) is 2.56. The Morgan fingerprint density at radius 2 is 1.85 bits per heavy atom. The van der Waals surface area contributed by atoms with Crippen LogP contribution in [0.15, 0.2) is 70.7 Å². The van der Waals surface area contributed by atoms with Gasteiger partial charge in [-0.2, -0.15) is 0 Å². The Bertz CT molecular complexity index is 1220. The minimum atomic E-state index is -0.331. The average Bonchev–Trinajstić information content (AvgIpc) is 3.32. The first kappa shape index (κ1) is 22.8. The normalized spacial score (nSPS) is 16.3. The fraction of sp³-hybridized carbons (Fsp3) is 0.240. The van der Waals surface area contributed by atoms with Crippen LogP contribution >= 0.6 is 11.8 Å². The molecule has 1 aliphatic heterocycles. The zero-order valence-corrected chi connectivity index (χ0v) is 19.4. The summed E-state index contributed by atoms with van der Waals surface area (Å²) in [6, 6.07) is 17.4. The zero-order chi connectivity index (χ0) is 23.2. The van der Waals surface area contributed by atoms with Gasteiger partial charge in [0, 0.05) is 42.9 Å². The molecule has 1 aliphatic rings. The number of ether oxygens (including phenoxy) is 2. The number of para-hydroxylation sites is 2. The summed E-state index contributed by atoms with van der Waals surface area (Å²) >= 11 is 1.36. The first-order chi connectivity index (χ1) is 16.1. The standard InChI is InChI=1S/C25H25N3O4S/c1-31-14-8-13-28-24(30)22(33-25(28)26-19-9-4-3-5-10-19)15-18-16-27(17-23(29)32-2)21-12-7-6-11-20(18)21/h3-7,9-12,15-16H,8,13-14,17H2,1-2H3/b22-15-,26-25?. The number of thioether (sulfide) groups is 1. The summed E-state index contributed by atoms with van der Waals surface area (Å²) in [7, 11) is 3.02. The summed E-state index contributed by atoms with van der Waals surface area (Å²) in [6.07, 6.45) is 4.46. The highest BCUT2D eigenvalue weighted by molar-refractivity contribution is 8.18. The number of hydrogen-bond donors (Lipinski definition) is 0. The molecule has 33 heavy (non-hydrogen) atoms. The van der Waals surface area contributed by atoms with Gasteiger partial charge in [0.1, 0.15) is 6.54 Å². The molecule has 0 radical (unpaired) electrons. The van der Waals surface area contributed by atoms with Gasteiger partial charge in [-0.15, -0.1) is 0 Å². The third kappa shape index (κ3) is 5.18. The lowest BCUT2D eigenvalue weighted by Crippen LogP contribution is -2.30. The highest BCUT2D eigenvalue weighted by Crippen LogP contribution is 2.35. The highest BCUT2D eigenvalue weighted by atomic mass is 32.2. The molecule has 0 saturated carbocycles. The van der Waals surface area contributed by atoms with Crippen LogP contribution in [0.2, 0.25) is 0 Å². The van der Waals surface area contributed by atoms with Gasteiger partial charge in [-0.05, 0) is 42.5 Å². The van der Waals surface area contributed by atoms with Crippen LogP contribution in [-0.4, -0.2) is 53.9 Å². The van der Waals surface area contributed by atoms with Gasteiger partial charge in [-0.3, -0.25) is 14.5 Å². The van der Waals surface area contributed by atoms with Crippen LogP contribution in [0.25, 0.3) is 17.0 Å². The Kier molecular flexibility index (Phi) is 7.26. The van der Waals surface area contributed by atoms with Gasteiger partial charge in [-0.25, -0.2) is 4.99 Å². The SMILES string of the molecule is COCCCN1C(=O)/C(=C/c2cn(CC(=O)OC)c3ccccc23)SC1=Nc1ccccc1. The van der Waals surface area contributed by atoms with Gasteiger partial charge < -0.3 is 14.0 Å². The van der Waals surface area contributed by atoms with Crippen molar-refractivity contribution in [3.63, 3.8) is 0 Å². The maximum Gasteiger partial charge on any atom is 0.325 e. The maximum absolute atomic E-state index is 13.3. The third-order valence-corrected chi connectivity index (χ3v) is 6.24. The van der Waals surface area contributed by atoms with E-state index >= 15 is 0 Å². The molecule has 0 atom stereocenters. The second-order valence-corrected chi connectivity index (χ2v) is 8.46. The van der Waals surface area contributed by atoms with E-state index in [0.29, 0.717) is 29.6 Å². The minimum Gasteiger partial charge on any atom is -0.468 e. The molecular formula is C25H25N3O4S. The second kappa shape index (κ2) is 10.5. The molecule has 0 spiro atoms. The number of fused-ring (bicyclic) bond motifs is 1.